The quantitative estimate of drug-likeness (QED) is 0.415. The molecule has 0 unspecified atom stereocenters. The summed E-state index contributed by atoms with van der Waals surface area (Å²) < 4.78 is 7.31. The van der Waals surface area contributed by atoms with Crippen molar-refractivity contribution in [3.63, 3.8) is 0 Å². The molecule has 1 amide bonds. The van der Waals surface area contributed by atoms with E-state index >= 15 is 0 Å². The minimum Gasteiger partial charge on any atom is -0.339 e. The molecule has 4 aromatic heterocycles. The fourth-order valence-electron chi connectivity index (χ4n) is 3.24. The van der Waals surface area contributed by atoms with E-state index < -0.39 is 0 Å². The minimum absolute atomic E-state index is 0.201. The summed E-state index contributed by atoms with van der Waals surface area (Å²) >= 11 is 1.35. The Morgan fingerprint density at radius 3 is 2.75 bits per heavy atom. The minimum atomic E-state index is -0.201. The van der Waals surface area contributed by atoms with Gasteiger partial charge in [-0.3, -0.25) is 9.78 Å². The monoisotopic (exact) mass is 442 g/mol. The summed E-state index contributed by atoms with van der Waals surface area (Å²) in [6.45, 7) is 1.84. The molecule has 0 spiro atoms. The number of thiazole rings is 1. The Bertz CT molecular complexity index is 1360. The molecule has 0 saturated heterocycles. The van der Waals surface area contributed by atoms with Crippen molar-refractivity contribution in [1.82, 2.24) is 24.7 Å². The number of amides is 1. The smallest absolute Gasteiger partial charge is 0.267 e. The molecule has 0 bridgehead atoms. The van der Waals surface area contributed by atoms with Crippen LogP contribution in [0.25, 0.3) is 16.5 Å². The number of nitrogens with one attached hydrogen (secondary N) is 1. The highest BCUT2D eigenvalue weighted by molar-refractivity contribution is 7.16. The molecule has 0 aliphatic heterocycles. The van der Waals surface area contributed by atoms with E-state index in [2.05, 4.69) is 25.4 Å². The molecule has 0 aliphatic rings. The van der Waals surface area contributed by atoms with E-state index in [0.29, 0.717) is 34.4 Å². The molecule has 1 aromatic carbocycles. The zero-order valence-electron chi connectivity index (χ0n) is 17.1. The predicted molar refractivity (Wildman–Crippen MR) is 121 cm³/mol. The summed E-state index contributed by atoms with van der Waals surface area (Å²) in [4.78, 5) is 26.6. The molecule has 0 fully saturated rings. The zero-order chi connectivity index (χ0) is 21.9. The van der Waals surface area contributed by atoms with Crippen LogP contribution in [0.3, 0.4) is 0 Å². The summed E-state index contributed by atoms with van der Waals surface area (Å²) in [5, 5.41) is 7.79. The molecule has 5 aromatic rings. The van der Waals surface area contributed by atoms with E-state index in [-0.39, 0.29) is 5.91 Å². The Labute approximate surface area is 187 Å². The molecule has 158 valence electrons. The van der Waals surface area contributed by atoms with Crippen molar-refractivity contribution >= 4 is 22.9 Å². The summed E-state index contributed by atoms with van der Waals surface area (Å²) in [5.74, 6) is 0.731. The number of aryl methyl sites for hydroxylation is 1. The molecule has 5 rings (SSSR count). The van der Waals surface area contributed by atoms with Crippen LogP contribution < -0.4 is 5.32 Å². The van der Waals surface area contributed by atoms with E-state index in [1.165, 1.54) is 11.3 Å². The predicted octanol–water partition coefficient (Wildman–Crippen LogP) is 4.53. The highest BCUT2D eigenvalue weighted by Crippen LogP contribution is 2.25. The molecule has 0 atom stereocenters. The molecule has 4 heterocycles. The number of carbonyl (C=O) groups is 1. The molecule has 0 aliphatic carbocycles. The van der Waals surface area contributed by atoms with Crippen LogP contribution in [-0.4, -0.2) is 30.6 Å². The zero-order valence-corrected chi connectivity index (χ0v) is 17.9. The van der Waals surface area contributed by atoms with Crippen molar-refractivity contribution < 1.29 is 9.32 Å². The number of anilines is 1. The van der Waals surface area contributed by atoms with Gasteiger partial charge in [0.25, 0.3) is 5.91 Å². The first-order valence-electron chi connectivity index (χ1n) is 9.90. The summed E-state index contributed by atoms with van der Waals surface area (Å²) in [6, 6.07) is 15.1. The SMILES string of the molecule is Cc1nc(-n2cccc2)sc1C(=O)Nc1ccccc1Cc1nc(-c2cccnc2)no1. The second kappa shape index (κ2) is 8.56. The van der Waals surface area contributed by atoms with Crippen LogP contribution in [0, 0.1) is 6.92 Å². The van der Waals surface area contributed by atoms with Gasteiger partial charge in [0.2, 0.25) is 11.7 Å². The molecule has 8 nitrogen and oxygen atoms in total. The van der Waals surface area contributed by atoms with Gasteiger partial charge in [-0.1, -0.05) is 34.7 Å². The number of hydrogen-bond acceptors (Lipinski definition) is 7. The van der Waals surface area contributed by atoms with Gasteiger partial charge in [0.15, 0.2) is 5.13 Å². The van der Waals surface area contributed by atoms with Crippen molar-refractivity contribution in [2.75, 3.05) is 5.32 Å². The fraction of sp³-hybridized carbons (Fsp3) is 0.0870. The number of para-hydroxylation sites is 1. The van der Waals surface area contributed by atoms with Gasteiger partial charge < -0.3 is 14.4 Å². The van der Waals surface area contributed by atoms with Crippen molar-refractivity contribution in [1.29, 1.82) is 0 Å². The van der Waals surface area contributed by atoms with Gasteiger partial charge in [-0.2, -0.15) is 4.98 Å². The van der Waals surface area contributed by atoms with Crippen LogP contribution in [0.15, 0.2) is 77.8 Å². The largest absolute Gasteiger partial charge is 0.339 e. The molecular weight excluding hydrogens is 424 g/mol. The van der Waals surface area contributed by atoms with Crippen molar-refractivity contribution in [2.24, 2.45) is 0 Å². The molecule has 32 heavy (non-hydrogen) atoms. The number of nitrogens with zero attached hydrogens (tertiary/aromatic N) is 5. The Morgan fingerprint density at radius 2 is 1.94 bits per heavy atom. The lowest BCUT2D eigenvalue weighted by molar-refractivity contribution is 0.102. The fourth-order valence-corrected chi connectivity index (χ4v) is 4.17. The number of hydrogen-bond donors (Lipinski definition) is 1. The maximum atomic E-state index is 13.0. The van der Waals surface area contributed by atoms with Gasteiger partial charge >= 0.3 is 0 Å². The van der Waals surface area contributed by atoms with Gasteiger partial charge in [0.05, 0.1) is 12.1 Å². The maximum absolute atomic E-state index is 13.0. The van der Waals surface area contributed by atoms with Crippen molar-refractivity contribution in [3.05, 3.63) is 95.3 Å². The van der Waals surface area contributed by atoms with Gasteiger partial charge in [-0.15, -0.1) is 0 Å². The van der Waals surface area contributed by atoms with Crippen LogP contribution >= 0.6 is 11.3 Å². The lowest BCUT2D eigenvalue weighted by Crippen LogP contribution is -2.13. The summed E-state index contributed by atoms with van der Waals surface area (Å²) in [7, 11) is 0. The summed E-state index contributed by atoms with van der Waals surface area (Å²) in [5.41, 5.74) is 3.03. The third kappa shape index (κ3) is 4.06. The number of carbonyl (C=O) groups excluding carboxylic acids is 1. The topological polar surface area (TPSA) is 98.7 Å². The normalized spacial score (nSPS) is 10.9. The molecular formula is C23H18N6O2S. The molecule has 0 radical (unpaired) electrons. The Hall–Kier alpha value is -4.11. The van der Waals surface area contributed by atoms with Crippen LogP contribution in [0.1, 0.15) is 26.8 Å². The van der Waals surface area contributed by atoms with Gasteiger partial charge in [0, 0.05) is 36.0 Å². The first-order valence-corrected chi connectivity index (χ1v) is 10.7. The number of aromatic nitrogens is 5. The van der Waals surface area contributed by atoms with Gasteiger partial charge in [-0.05, 0) is 42.8 Å². The van der Waals surface area contributed by atoms with E-state index in [1.54, 1.807) is 12.4 Å². The number of benzene rings is 1. The number of rotatable bonds is 6. The molecule has 1 N–H and O–H groups in total. The average Bonchev–Trinajstić information content (AvgIpc) is 3.57. The Balaban J connectivity index is 1.35. The first kappa shape index (κ1) is 19.8. The maximum Gasteiger partial charge on any atom is 0.267 e. The van der Waals surface area contributed by atoms with Crippen LogP contribution in [-0.2, 0) is 6.42 Å². The third-order valence-corrected chi connectivity index (χ3v) is 5.98. The second-order valence-corrected chi connectivity index (χ2v) is 8.02. The van der Waals surface area contributed by atoms with Crippen molar-refractivity contribution in [2.45, 2.75) is 13.3 Å². The number of pyridine rings is 1. The van der Waals surface area contributed by atoms with Gasteiger partial charge in [-0.25, -0.2) is 4.98 Å². The average molecular weight is 443 g/mol. The summed E-state index contributed by atoms with van der Waals surface area (Å²) in [6.07, 6.45) is 7.57. The van der Waals surface area contributed by atoms with E-state index in [4.69, 9.17) is 4.52 Å². The Kier molecular flexibility index (Phi) is 5.30. The first-order chi connectivity index (χ1) is 15.7. The van der Waals surface area contributed by atoms with E-state index in [0.717, 1.165) is 16.3 Å². The second-order valence-electron chi connectivity index (χ2n) is 7.04. The van der Waals surface area contributed by atoms with Crippen LogP contribution in [0.5, 0.6) is 0 Å². The van der Waals surface area contributed by atoms with Crippen molar-refractivity contribution in [3.8, 4) is 16.5 Å². The molecule has 9 heteroatoms. The van der Waals surface area contributed by atoms with Crippen LogP contribution in [0.2, 0.25) is 0 Å². The standard InChI is InChI=1S/C23H18N6O2S/c1-15-20(32-23(25-15)29-11-4-5-12-29)22(30)26-18-9-3-2-7-16(18)13-19-27-21(28-31-19)17-8-6-10-24-14-17/h2-12,14H,13H2,1H3,(H,26,30). The highest BCUT2D eigenvalue weighted by atomic mass is 32.1. The van der Waals surface area contributed by atoms with E-state index in [9.17, 15) is 4.79 Å². The third-order valence-electron chi connectivity index (χ3n) is 4.81. The highest BCUT2D eigenvalue weighted by Gasteiger charge is 2.18. The molecule has 0 saturated carbocycles. The van der Waals surface area contributed by atoms with Gasteiger partial charge in [0.1, 0.15) is 4.88 Å². The van der Waals surface area contributed by atoms with Crippen LogP contribution in [0.4, 0.5) is 5.69 Å². The lowest BCUT2D eigenvalue weighted by atomic mass is 10.1. The Morgan fingerprint density at radius 1 is 1.09 bits per heavy atom. The lowest BCUT2D eigenvalue weighted by Gasteiger charge is -2.09. The van der Waals surface area contributed by atoms with E-state index in [1.807, 2.05) is 72.4 Å².